The van der Waals surface area contributed by atoms with Gasteiger partial charge >= 0.3 is 6.03 Å². The Morgan fingerprint density at radius 3 is 2.29 bits per heavy atom. The molecule has 34 heavy (non-hydrogen) atoms. The molecule has 0 unspecified atom stereocenters. The first-order valence-corrected chi connectivity index (χ1v) is 12.7. The number of para-hydroxylation sites is 1. The predicted molar refractivity (Wildman–Crippen MR) is 139 cm³/mol. The molecule has 6 nitrogen and oxygen atoms in total. The lowest BCUT2D eigenvalue weighted by Gasteiger charge is -2.37. The number of amides is 2. The van der Waals surface area contributed by atoms with E-state index in [9.17, 15) is 4.79 Å². The van der Waals surface area contributed by atoms with Gasteiger partial charge in [-0.3, -0.25) is 9.80 Å². The minimum atomic E-state index is -0.0299. The largest absolute Gasteiger partial charge is 0.495 e. The maximum atomic E-state index is 13.2. The van der Waals surface area contributed by atoms with Crippen molar-refractivity contribution >= 4 is 11.7 Å². The fourth-order valence-corrected chi connectivity index (χ4v) is 5.14. The van der Waals surface area contributed by atoms with Gasteiger partial charge < -0.3 is 15.0 Å². The van der Waals surface area contributed by atoms with E-state index >= 15 is 0 Å². The average Bonchev–Trinajstić information content (AvgIpc) is 2.86. The molecular weight excluding hydrogens is 424 g/mol. The normalized spacial score (nSPS) is 18.3. The van der Waals surface area contributed by atoms with Gasteiger partial charge in [0.15, 0.2) is 0 Å². The Balaban J connectivity index is 1.38. The molecule has 0 radical (unpaired) electrons. The number of nitrogens with zero attached hydrogens (tertiary/aromatic N) is 3. The molecule has 2 aliphatic heterocycles. The summed E-state index contributed by atoms with van der Waals surface area (Å²) in [5.41, 5.74) is 4.59. The summed E-state index contributed by atoms with van der Waals surface area (Å²) in [5.74, 6) is 1.25. The van der Waals surface area contributed by atoms with Crippen molar-refractivity contribution in [3.8, 4) is 5.75 Å². The second-order valence-corrected chi connectivity index (χ2v) is 10.0. The quantitative estimate of drug-likeness (QED) is 0.658. The van der Waals surface area contributed by atoms with Gasteiger partial charge in [0, 0.05) is 51.9 Å². The standard InChI is InChI=1S/C28H40N4O2/c1-21(2)31-18-16-30(17-19-31)20-25-6-5-7-26(34-4)27(25)29-28(33)32-14-12-24(13-15-32)23-10-8-22(3)9-11-23/h5-11,21,24H,12-20H2,1-4H3,(H,29,33). The summed E-state index contributed by atoms with van der Waals surface area (Å²) in [6, 6.07) is 15.4. The monoisotopic (exact) mass is 464 g/mol. The molecule has 184 valence electrons. The molecule has 2 fully saturated rings. The molecule has 0 aliphatic carbocycles. The number of nitrogens with one attached hydrogen (secondary N) is 1. The lowest BCUT2D eigenvalue weighted by molar-refractivity contribution is 0.104. The second-order valence-electron chi connectivity index (χ2n) is 10.0. The maximum Gasteiger partial charge on any atom is 0.321 e. The number of hydrogen-bond acceptors (Lipinski definition) is 4. The number of ether oxygens (including phenoxy) is 1. The van der Waals surface area contributed by atoms with E-state index in [2.05, 4.69) is 66.2 Å². The van der Waals surface area contributed by atoms with Crippen molar-refractivity contribution in [1.82, 2.24) is 14.7 Å². The number of urea groups is 1. The van der Waals surface area contributed by atoms with Crippen LogP contribution in [0.25, 0.3) is 0 Å². The Labute approximate surface area is 204 Å². The number of rotatable bonds is 6. The molecule has 1 N–H and O–H groups in total. The third kappa shape index (κ3) is 5.91. The molecule has 0 aromatic heterocycles. The summed E-state index contributed by atoms with van der Waals surface area (Å²) >= 11 is 0. The van der Waals surface area contributed by atoms with E-state index in [1.54, 1.807) is 7.11 Å². The first kappa shape index (κ1) is 24.6. The number of piperazine rings is 1. The average molecular weight is 465 g/mol. The van der Waals surface area contributed by atoms with Crippen LogP contribution < -0.4 is 10.1 Å². The van der Waals surface area contributed by atoms with Crippen molar-refractivity contribution in [1.29, 1.82) is 0 Å². The maximum absolute atomic E-state index is 13.2. The zero-order chi connectivity index (χ0) is 24.1. The van der Waals surface area contributed by atoms with Gasteiger partial charge in [-0.25, -0.2) is 4.79 Å². The Kier molecular flexibility index (Phi) is 8.11. The first-order valence-electron chi connectivity index (χ1n) is 12.7. The summed E-state index contributed by atoms with van der Waals surface area (Å²) in [5, 5.41) is 3.20. The molecule has 0 atom stereocenters. The third-order valence-corrected chi connectivity index (χ3v) is 7.43. The molecule has 2 aromatic carbocycles. The summed E-state index contributed by atoms with van der Waals surface area (Å²) in [6.07, 6.45) is 1.99. The van der Waals surface area contributed by atoms with E-state index in [-0.39, 0.29) is 6.03 Å². The Morgan fingerprint density at radius 1 is 1.00 bits per heavy atom. The molecule has 0 bridgehead atoms. The molecule has 2 aromatic rings. The molecule has 2 heterocycles. The Bertz CT molecular complexity index is 943. The van der Waals surface area contributed by atoms with E-state index in [1.807, 2.05) is 17.0 Å². The van der Waals surface area contributed by atoms with E-state index in [0.717, 1.165) is 75.7 Å². The minimum absolute atomic E-state index is 0.0299. The summed E-state index contributed by atoms with van der Waals surface area (Å²) in [4.78, 5) is 20.2. The topological polar surface area (TPSA) is 48.1 Å². The zero-order valence-electron chi connectivity index (χ0n) is 21.2. The van der Waals surface area contributed by atoms with Gasteiger partial charge in [-0.1, -0.05) is 42.0 Å². The van der Waals surface area contributed by atoms with Crippen molar-refractivity contribution < 1.29 is 9.53 Å². The Morgan fingerprint density at radius 2 is 1.68 bits per heavy atom. The van der Waals surface area contributed by atoms with Gasteiger partial charge in [-0.2, -0.15) is 0 Å². The van der Waals surface area contributed by atoms with Crippen molar-refractivity contribution in [3.63, 3.8) is 0 Å². The number of anilines is 1. The minimum Gasteiger partial charge on any atom is -0.495 e. The first-order chi connectivity index (χ1) is 16.4. The van der Waals surface area contributed by atoms with Crippen LogP contribution in [0, 0.1) is 6.92 Å². The second kappa shape index (κ2) is 11.2. The van der Waals surface area contributed by atoms with Crippen LogP contribution in [0.5, 0.6) is 5.75 Å². The van der Waals surface area contributed by atoms with Crippen molar-refractivity contribution in [3.05, 3.63) is 59.2 Å². The predicted octanol–water partition coefficient (Wildman–Crippen LogP) is 4.94. The molecular formula is C28H40N4O2. The van der Waals surface area contributed by atoms with Crippen LogP contribution in [0.2, 0.25) is 0 Å². The Hall–Kier alpha value is -2.57. The third-order valence-electron chi connectivity index (χ3n) is 7.43. The van der Waals surface area contributed by atoms with E-state index in [4.69, 9.17) is 4.74 Å². The lowest BCUT2D eigenvalue weighted by Crippen LogP contribution is -2.48. The van der Waals surface area contributed by atoms with Crippen LogP contribution in [-0.4, -0.2) is 73.2 Å². The van der Waals surface area contributed by atoms with Crippen LogP contribution in [0.4, 0.5) is 10.5 Å². The smallest absolute Gasteiger partial charge is 0.321 e. The van der Waals surface area contributed by atoms with Crippen molar-refractivity contribution in [2.75, 3.05) is 51.7 Å². The van der Waals surface area contributed by atoms with E-state index in [1.165, 1.54) is 11.1 Å². The van der Waals surface area contributed by atoms with Gasteiger partial charge in [0.25, 0.3) is 0 Å². The van der Waals surface area contributed by atoms with E-state index in [0.29, 0.717) is 12.0 Å². The molecule has 2 aliphatic rings. The highest BCUT2D eigenvalue weighted by atomic mass is 16.5. The van der Waals surface area contributed by atoms with Crippen molar-refractivity contribution in [2.24, 2.45) is 0 Å². The SMILES string of the molecule is COc1cccc(CN2CCN(C(C)C)CC2)c1NC(=O)N1CCC(c2ccc(C)cc2)CC1. The number of piperidine rings is 1. The fourth-order valence-electron chi connectivity index (χ4n) is 5.14. The number of hydrogen-bond donors (Lipinski definition) is 1. The summed E-state index contributed by atoms with van der Waals surface area (Å²) < 4.78 is 5.64. The van der Waals surface area contributed by atoms with Crippen LogP contribution in [0.3, 0.4) is 0 Å². The summed E-state index contributed by atoms with van der Waals surface area (Å²) in [7, 11) is 1.67. The van der Waals surface area contributed by atoms with Gasteiger partial charge in [0.2, 0.25) is 0 Å². The zero-order valence-corrected chi connectivity index (χ0v) is 21.2. The molecule has 2 amide bonds. The van der Waals surface area contributed by atoms with Crippen LogP contribution >= 0.6 is 0 Å². The highest BCUT2D eigenvalue weighted by Gasteiger charge is 2.26. The van der Waals surface area contributed by atoms with Gasteiger partial charge in [-0.05, 0) is 56.7 Å². The molecule has 6 heteroatoms. The van der Waals surface area contributed by atoms with Gasteiger partial charge in [-0.15, -0.1) is 0 Å². The molecule has 0 spiro atoms. The van der Waals surface area contributed by atoms with E-state index < -0.39 is 0 Å². The highest BCUT2D eigenvalue weighted by Crippen LogP contribution is 2.32. The number of methoxy groups -OCH3 is 1. The number of carbonyl (C=O) groups is 1. The van der Waals surface area contributed by atoms with Crippen LogP contribution in [0.1, 0.15) is 49.3 Å². The number of benzene rings is 2. The molecule has 0 saturated carbocycles. The highest BCUT2D eigenvalue weighted by molar-refractivity contribution is 5.92. The van der Waals surface area contributed by atoms with Gasteiger partial charge in [0.05, 0.1) is 12.8 Å². The lowest BCUT2D eigenvalue weighted by atomic mass is 9.89. The fraction of sp³-hybridized carbons (Fsp3) is 0.536. The molecule has 2 saturated heterocycles. The van der Waals surface area contributed by atoms with Crippen LogP contribution in [0.15, 0.2) is 42.5 Å². The number of aryl methyl sites for hydroxylation is 1. The summed E-state index contributed by atoms with van der Waals surface area (Å²) in [6.45, 7) is 13.2. The number of likely N-dealkylation sites (tertiary alicyclic amines) is 1. The van der Waals surface area contributed by atoms with Crippen LogP contribution in [-0.2, 0) is 6.54 Å². The van der Waals surface area contributed by atoms with Gasteiger partial charge in [0.1, 0.15) is 5.75 Å². The molecule has 4 rings (SSSR count). The van der Waals surface area contributed by atoms with Crippen molar-refractivity contribution in [2.45, 2.75) is 52.1 Å². The number of carbonyl (C=O) groups excluding carboxylic acids is 1.